The number of aryl methyl sites for hydroxylation is 1. The Morgan fingerprint density at radius 3 is 2.88 bits per heavy atom. The molecule has 0 amide bonds. The van der Waals surface area contributed by atoms with E-state index in [4.69, 9.17) is 9.84 Å². The molecule has 5 heteroatoms. The number of halogens is 1. The quantitative estimate of drug-likeness (QED) is 0.812. The average Bonchev–Trinajstić information content (AvgIpc) is 2.56. The summed E-state index contributed by atoms with van der Waals surface area (Å²) in [4.78, 5) is 2.59. The summed E-state index contributed by atoms with van der Waals surface area (Å²) < 4.78 is 6.26. The van der Waals surface area contributed by atoms with E-state index in [1.807, 2.05) is 0 Å². The van der Waals surface area contributed by atoms with Gasteiger partial charge in [0, 0.05) is 40.5 Å². The van der Waals surface area contributed by atoms with Gasteiger partial charge in [-0.15, -0.1) is 11.3 Å². The topological polar surface area (TPSA) is 41.5 Å². The molecule has 1 aromatic heterocycles. The van der Waals surface area contributed by atoms with Crippen LogP contribution in [0.2, 0.25) is 0 Å². The fourth-order valence-electron chi connectivity index (χ4n) is 1.45. The Morgan fingerprint density at radius 2 is 2.38 bits per heavy atom. The summed E-state index contributed by atoms with van der Waals surface area (Å²) in [6, 6.07) is 2.35. The van der Waals surface area contributed by atoms with E-state index in [0.717, 1.165) is 13.0 Å². The van der Waals surface area contributed by atoms with Crippen LogP contribution in [0.4, 0.5) is 0 Å². The Morgan fingerprint density at radius 1 is 1.62 bits per heavy atom. The van der Waals surface area contributed by atoms with E-state index in [0.29, 0.717) is 6.61 Å². The van der Waals surface area contributed by atoms with Crippen LogP contribution in [0.1, 0.15) is 16.2 Å². The van der Waals surface area contributed by atoms with Gasteiger partial charge in [-0.2, -0.15) is 0 Å². The third-order valence-corrected chi connectivity index (χ3v) is 4.46. The molecule has 1 atom stereocenters. The van der Waals surface area contributed by atoms with Crippen LogP contribution in [0.25, 0.3) is 0 Å². The Balaban J connectivity index is 2.41. The molecular weight excluding hydrogens is 290 g/mol. The number of ether oxygens (including phenoxy) is 1. The highest BCUT2D eigenvalue weighted by Crippen LogP contribution is 2.26. The lowest BCUT2D eigenvalue weighted by Crippen LogP contribution is -2.33. The van der Waals surface area contributed by atoms with Crippen LogP contribution >= 0.6 is 27.3 Å². The lowest BCUT2D eigenvalue weighted by atomic mass is 10.2. The number of hydrogen-bond acceptors (Lipinski definition) is 4. The van der Waals surface area contributed by atoms with Crippen molar-refractivity contribution in [3.63, 3.8) is 0 Å². The molecule has 0 aliphatic rings. The van der Waals surface area contributed by atoms with Gasteiger partial charge in [0.1, 0.15) is 0 Å². The highest BCUT2D eigenvalue weighted by atomic mass is 79.9. The van der Waals surface area contributed by atoms with Crippen molar-refractivity contribution in [1.29, 1.82) is 0 Å². The first kappa shape index (κ1) is 14.1. The van der Waals surface area contributed by atoms with Crippen LogP contribution < -0.4 is 5.32 Å². The molecule has 92 valence electrons. The van der Waals surface area contributed by atoms with Crippen molar-refractivity contribution < 1.29 is 9.84 Å². The maximum atomic E-state index is 8.91. The highest BCUT2D eigenvalue weighted by molar-refractivity contribution is 9.10. The normalized spacial score (nSPS) is 13.0. The Kier molecular flexibility index (Phi) is 6.53. The van der Waals surface area contributed by atoms with Gasteiger partial charge in [-0.25, -0.2) is 0 Å². The molecule has 0 saturated heterocycles. The van der Waals surface area contributed by atoms with Crippen molar-refractivity contribution in [2.24, 2.45) is 0 Å². The number of methoxy groups -OCH3 is 1. The lowest BCUT2D eigenvalue weighted by Gasteiger charge is -2.15. The van der Waals surface area contributed by atoms with E-state index in [1.165, 1.54) is 14.2 Å². The maximum absolute atomic E-state index is 8.91. The molecule has 0 aliphatic carbocycles. The van der Waals surface area contributed by atoms with Gasteiger partial charge < -0.3 is 15.2 Å². The number of nitrogens with one attached hydrogen (secondary N) is 1. The number of rotatable bonds is 7. The van der Waals surface area contributed by atoms with Gasteiger partial charge in [-0.3, -0.25) is 0 Å². The number of hydrogen-bond donors (Lipinski definition) is 2. The van der Waals surface area contributed by atoms with Crippen LogP contribution in [-0.2, 0) is 11.3 Å². The molecule has 0 fully saturated rings. The van der Waals surface area contributed by atoms with Gasteiger partial charge in [0.25, 0.3) is 0 Å². The first-order chi connectivity index (χ1) is 7.67. The van der Waals surface area contributed by atoms with Crippen molar-refractivity contribution in [3.05, 3.63) is 20.3 Å². The van der Waals surface area contributed by atoms with Crippen molar-refractivity contribution >= 4 is 27.3 Å². The SMILES string of the molecule is COCC(CCO)NCc1cc(Br)c(C)s1. The second kappa shape index (κ2) is 7.40. The van der Waals surface area contributed by atoms with Crippen molar-refractivity contribution in [2.75, 3.05) is 20.3 Å². The van der Waals surface area contributed by atoms with E-state index < -0.39 is 0 Å². The molecule has 1 aromatic rings. The molecule has 1 unspecified atom stereocenters. The summed E-state index contributed by atoms with van der Waals surface area (Å²) in [6.07, 6.45) is 0.722. The standard InChI is InChI=1S/C11H18BrNO2S/c1-8-11(12)5-10(16-8)6-13-9(3-4-14)7-15-2/h5,9,13-14H,3-4,6-7H2,1-2H3. The van der Waals surface area contributed by atoms with Gasteiger partial charge >= 0.3 is 0 Å². The number of aliphatic hydroxyl groups excluding tert-OH is 1. The second-order valence-corrected chi connectivity index (χ2v) is 5.86. The third-order valence-electron chi connectivity index (χ3n) is 2.32. The predicted molar refractivity (Wildman–Crippen MR) is 71.0 cm³/mol. The first-order valence-corrected chi connectivity index (χ1v) is 6.86. The van der Waals surface area contributed by atoms with E-state index in [1.54, 1.807) is 18.4 Å². The van der Waals surface area contributed by atoms with Gasteiger partial charge in [0.2, 0.25) is 0 Å². The van der Waals surface area contributed by atoms with Crippen molar-refractivity contribution in [3.8, 4) is 0 Å². The highest BCUT2D eigenvalue weighted by Gasteiger charge is 2.08. The minimum Gasteiger partial charge on any atom is -0.396 e. The Hall–Kier alpha value is 0.0600. The summed E-state index contributed by atoms with van der Waals surface area (Å²) in [7, 11) is 1.68. The molecule has 0 radical (unpaired) electrons. The maximum Gasteiger partial charge on any atom is 0.0616 e. The molecule has 0 aliphatic heterocycles. The Bertz CT molecular complexity index is 291. The predicted octanol–water partition coefficient (Wildman–Crippen LogP) is 2.31. The van der Waals surface area contributed by atoms with Crippen LogP contribution in [0.15, 0.2) is 10.5 Å². The molecule has 1 rings (SSSR count). The second-order valence-electron chi connectivity index (χ2n) is 3.66. The van der Waals surface area contributed by atoms with Crippen LogP contribution in [0.3, 0.4) is 0 Å². The zero-order chi connectivity index (χ0) is 12.0. The molecule has 0 saturated carbocycles. The number of aliphatic hydroxyl groups is 1. The van der Waals surface area contributed by atoms with Crippen molar-refractivity contribution in [2.45, 2.75) is 25.9 Å². The number of thiophene rings is 1. The lowest BCUT2D eigenvalue weighted by molar-refractivity contribution is 0.148. The fourth-order valence-corrected chi connectivity index (χ4v) is 3.00. The summed E-state index contributed by atoms with van der Waals surface area (Å²) >= 11 is 5.28. The average molecular weight is 308 g/mol. The third kappa shape index (κ3) is 4.51. The first-order valence-electron chi connectivity index (χ1n) is 5.25. The Labute approximate surface area is 109 Å². The zero-order valence-corrected chi connectivity index (χ0v) is 12.0. The molecule has 0 bridgehead atoms. The van der Waals surface area contributed by atoms with E-state index in [2.05, 4.69) is 34.2 Å². The van der Waals surface area contributed by atoms with Gasteiger partial charge in [0.15, 0.2) is 0 Å². The molecular formula is C11H18BrNO2S. The zero-order valence-electron chi connectivity index (χ0n) is 9.62. The van der Waals surface area contributed by atoms with Crippen LogP contribution in [-0.4, -0.2) is 31.5 Å². The molecule has 0 spiro atoms. The van der Waals surface area contributed by atoms with Gasteiger partial charge in [0.05, 0.1) is 6.61 Å². The van der Waals surface area contributed by atoms with E-state index in [-0.39, 0.29) is 12.6 Å². The smallest absolute Gasteiger partial charge is 0.0616 e. The fraction of sp³-hybridized carbons (Fsp3) is 0.636. The van der Waals surface area contributed by atoms with E-state index >= 15 is 0 Å². The van der Waals surface area contributed by atoms with Gasteiger partial charge in [-0.1, -0.05) is 0 Å². The molecule has 3 nitrogen and oxygen atoms in total. The van der Waals surface area contributed by atoms with Crippen molar-refractivity contribution in [1.82, 2.24) is 5.32 Å². The molecule has 2 N–H and O–H groups in total. The minimum absolute atomic E-state index is 0.189. The van der Waals surface area contributed by atoms with Gasteiger partial charge in [-0.05, 0) is 35.3 Å². The minimum atomic E-state index is 0.189. The largest absolute Gasteiger partial charge is 0.396 e. The van der Waals surface area contributed by atoms with E-state index in [9.17, 15) is 0 Å². The molecule has 1 heterocycles. The summed E-state index contributed by atoms with van der Waals surface area (Å²) in [6.45, 7) is 3.74. The summed E-state index contributed by atoms with van der Waals surface area (Å²) in [5.41, 5.74) is 0. The summed E-state index contributed by atoms with van der Waals surface area (Å²) in [5.74, 6) is 0. The monoisotopic (exact) mass is 307 g/mol. The van der Waals surface area contributed by atoms with Crippen LogP contribution in [0, 0.1) is 6.92 Å². The molecule has 0 aromatic carbocycles. The van der Waals surface area contributed by atoms with Crippen LogP contribution in [0.5, 0.6) is 0 Å². The molecule has 16 heavy (non-hydrogen) atoms. The summed E-state index contributed by atoms with van der Waals surface area (Å²) in [5, 5.41) is 12.3.